The van der Waals surface area contributed by atoms with Crippen LogP contribution in [-0.4, -0.2) is 15.5 Å². The number of anilines is 1. The second-order valence-corrected chi connectivity index (χ2v) is 5.78. The zero-order valence-electron chi connectivity index (χ0n) is 13.1. The van der Waals surface area contributed by atoms with Gasteiger partial charge >= 0.3 is 0 Å². The number of nitrogen functional groups attached to an aromatic ring is 1. The van der Waals surface area contributed by atoms with E-state index in [0.29, 0.717) is 5.69 Å². The number of aryl methyl sites for hydroxylation is 3. The Labute approximate surface area is 134 Å². The molecule has 4 N–H and O–H groups in total. The van der Waals surface area contributed by atoms with Crippen LogP contribution in [0.15, 0.2) is 42.5 Å². The maximum Gasteiger partial charge on any atom is 0.237 e. The number of nitrogens with zero attached hydrogens (tertiary/aromatic N) is 2. The third-order valence-electron chi connectivity index (χ3n) is 3.96. The molecular weight excluding hydrogens is 288 g/mol. The van der Waals surface area contributed by atoms with E-state index in [1.165, 1.54) is 11.1 Å². The van der Waals surface area contributed by atoms with Gasteiger partial charge in [0.2, 0.25) is 5.91 Å². The van der Waals surface area contributed by atoms with Crippen molar-refractivity contribution >= 4 is 22.6 Å². The molecule has 118 valence electrons. The first-order valence-electron chi connectivity index (χ1n) is 7.62. The summed E-state index contributed by atoms with van der Waals surface area (Å²) in [4.78, 5) is 16.0. The van der Waals surface area contributed by atoms with Crippen molar-refractivity contribution < 1.29 is 4.79 Å². The molecule has 1 amide bonds. The number of para-hydroxylation sites is 1. The van der Waals surface area contributed by atoms with Gasteiger partial charge in [-0.3, -0.25) is 4.79 Å². The van der Waals surface area contributed by atoms with Gasteiger partial charge in [-0.05, 0) is 31.0 Å². The molecule has 0 saturated carbocycles. The molecule has 23 heavy (non-hydrogen) atoms. The predicted molar refractivity (Wildman–Crippen MR) is 91.9 cm³/mol. The standard InChI is InChI=1S/C18H20N4O/c1-12-5-7-13(8-6-12)9-10-17-21-18-14(19)3-2-4-15(18)22(17)11-16(20)23/h2-8H,9-11,19H2,1H3,(H2,20,23). The topological polar surface area (TPSA) is 86.9 Å². The average Bonchev–Trinajstić information content (AvgIpc) is 2.86. The molecular formula is C18H20N4O. The smallest absolute Gasteiger partial charge is 0.237 e. The van der Waals surface area contributed by atoms with Crippen molar-refractivity contribution in [2.45, 2.75) is 26.3 Å². The summed E-state index contributed by atoms with van der Waals surface area (Å²) in [5.74, 6) is 0.445. The van der Waals surface area contributed by atoms with Crippen molar-refractivity contribution in [3.63, 3.8) is 0 Å². The largest absolute Gasteiger partial charge is 0.397 e. The highest BCUT2D eigenvalue weighted by Crippen LogP contribution is 2.22. The summed E-state index contributed by atoms with van der Waals surface area (Å²) in [5.41, 5.74) is 16.1. The number of carbonyl (C=O) groups excluding carboxylic acids is 1. The lowest BCUT2D eigenvalue weighted by Gasteiger charge is -2.07. The summed E-state index contributed by atoms with van der Waals surface area (Å²) >= 11 is 0. The highest BCUT2D eigenvalue weighted by molar-refractivity contribution is 5.88. The third-order valence-corrected chi connectivity index (χ3v) is 3.96. The van der Waals surface area contributed by atoms with Gasteiger partial charge in [0, 0.05) is 6.42 Å². The van der Waals surface area contributed by atoms with Crippen LogP contribution >= 0.6 is 0 Å². The molecule has 0 bridgehead atoms. The SMILES string of the molecule is Cc1ccc(CCc2nc3c(N)cccc3n2CC(N)=O)cc1. The number of aromatic nitrogens is 2. The number of hydrogen-bond acceptors (Lipinski definition) is 3. The predicted octanol–water partition coefficient (Wildman–Crippen LogP) is 2.20. The number of benzene rings is 2. The second-order valence-electron chi connectivity index (χ2n) is 5.78. The van der Waals surface area contributed by atoms with Crippen LogP contribution in [-0.2, 0) is 24.2 Å². The average molecular weight is 308 g/mol. The molecule has 3 aromatic rings. The zero-order chi connectivity index (χ0) is 16.4. The van der Waals surface area contributed by atoms with E-state index in [1.54, 1.807) is 0 Å². The molecule has 5 heteroatoms. The molecule has 1 aromatic heterocycles. The van der Waals surface area contributed by atoms with E-state index in [-0.39, 0.29) is 12.5 Å². The van der Waals surface area contributed by atoms with Crippen LogP contribution in [0.1, 0.15) is 17.0 Å². The molecule has 0 fully saturated rings. The van der Waals surface area contributed by atoms with Crippen LogP contribution in [0.4, 0.5) is 5.69 Å². The summed E-state index contributed by atoms with van der Waals surface area (Å²) in [6, 6.07) is 14.0. The lowest BCUT2D eigenvalue weighted by atomic mass is 10.1. The van der Waals surface area contributed by atoms with Gasteiger partial charge in [0.25, 0.3) is 0 Å². The summed E-state index contributed by atoms with van der Waals surface area (Å²) in [5, 5.41) is 0. The summed E-state index contributed by atoms with van der Waals surface area (Å²) in [6.07, 6.45) is 1.58. The molecule has 0 saturated heterocycles. The quantitative estimate of drug-likeness (QED) is 0.708. The van der Waals surface area contributed by atoms with E-state index < -0.39 is 0 Å². The van der Waals surface area contributed by atoms with Crippen LogP contribution < -0.4 is 11.5 Å². The van der Waals surface area contributed by atoms with E-state index in [4.69, 9.17) is 11.5 Å². The molecule has 0 aliphatic heterocycles. The molecule has 0 atom stereocenters. The highest BCUT2D eigenvalue weighted by atomic mass is 16.1. The first kappa shape index (κ1) is 15.1. The minimum Gasteiger partial charge on any atom is -0.397 e. The molecule has 0 unspecified atom stereocenters. The Balaban J connectivity index is 1.93. The molecule has 3 rings (SSSR count). The highest BCUT2D eigenvalue weighted by Gasteiger charge is 2.14. The lowest BCUT2D eigenvalue weighted by molar-refractivity contribution is -0.118. The molecule has 1 heterocycles. The Morgan fingerprint density at radius 2 is 1.87 bits per heavy atom. The number of fused-ring (bicyclic) bond motifs is 1. The number of imidazole rings is 1. The van der Waals surface area contributed by atoms with E-state index in [1.807, 2.05) is 22.8 Å². The van der Waals surface area contributed by atoms with Crippen molar-refractivity contribution in [2.24, 2.45) is 5.73 Å². The van der Waals surface area contributed by atoms with Gasteiger partial charge in [0.1, 0.15) is 17.9 Å². The van der Waals surface area contributed by atoms with Crippen molar-refractivity contribution in [3.05, 3.63) is 59.4 Å². The molecule has 0 spiro atoms. The summed E-state index contributed by atoms with van der Waals surface area (Å²) < 4.78 is 1.86. The zero-order valence-corrected chi connectivity index (χ0v) is 13.1. The van der Waals surface area contributed by atoms with Crippen LogP contribution in [0, 0.1) is 6.92 Å². The first-order chi connectivity index (χ1) is 11.0. The fourth-order valence-electron chi connectivity index (χ4n) is 2.75. The van der Waals surface area contributed by atoms with E-state index in [9.17, 15) is 4.79 Å². The summed E-state index contributed by atoms with van der Waals surface area (Å²) in [7, 11) is 0. The van der Waals surface area contributed by atoms with Gasteiger partial charge in [0.15, 0.2) is 0 Å². The maximum absolute atomic E-state index is 11.4. The third kappa shape index (κ3) is 3.18. The number of nitrogens with two attached hydrogens (primary N) is 2. The Bertz CT molecular complexity index is 849. The first-order valence-corrected chi connectivity index (χ1v) is 7.62. The normalized spacial score (nSPS) is 11.0. The van der Waals surface area contributed by atoms with Crippen molar-refractivity contribution in [2.75, 3.05) is 5.73 Å². The fourth-order valence-corrected chi connectivity index (χ4v) is 2.75. The van der Waals surface area contributed by atoms with Gasteiger partial charge in [-0.15, -0.1) is 0 Å². The van der Waals surface area contributed by atoms with Crippen LogP contribution in [0.3, 0.4) is 0 Å². The van der Waals surface area contributed by atoms with Gasteiger partial charge in [-0.2, -0.15) is 0 Å². The van der Waals surface area contributed by atoms with Crippen molar-refractivity contribution in [3.8, 4) is 0 Å². The number of rotatable bonds is 5. The fraction of sp³-hybridized carbons (Fsp3) is 0.222. The Morgan fingerprint density at radius 3 is 2.57 bits per heavy atom. The van der Waals surface area contributed by atoms with Gasteiger partial charge in [-0.25, -0.2) is 4.98 Å². The molecule has 0 radical (unpaired) electrons. The number of primary amides is 1. The van der Waals surface area contributed by atoms with E-state index in [0.717, 1.165) is 29.7 Å². The Morgan fingerprint density at radius 1 is 1.13 bits per heavy atom. The van der Waals surface area contributed by atoms with Crippen LogP contribution in [0.2, 0.25) is 0 Å². The molecule has 0 aliphatic carbocycles. The maximum atomic E-state index is 11.4. The monoisotopic (exact) mass is 308 g/mol. The lowest BCUT2D eigenvalue weighted by Crippen LogP contribution is -2.20. The minimum absolute atomic E-state index is 0.114. The van der Waals surface area contributed by atoms with Crippen LogP contribution in [0.25, 0.3) is 11.0 Å². The summed E-state index contributed by atoms with van der Waals surface area (Å²) in [6.45, 7) is 2.18. The Kier molecular flexibility index (Phi) is 4.02. The second kappa shape index (κ2) is 6.12. The Hall–Kier alpha value is -2.82. The minimum atomic E-state index is -0.386. The molecule has 5 nitrogen and oxygen atoms in total. The van der Waals surface area contributed by atoms with Gasteiger partial charge in [-0.1, -0.05) is 35.9 Å². The van der Waals surface area contributed by atoms with Crippen molar-refractivity contribution in [1.82, 2.24) is 9.55 Å². The number of hydrogen-bond donors (Lipinski definition) is 2. The molecule has 0 aliphatic rings. The van der Waals surface area contributed by atoms with Crippen LogP contribution in [0.5, 0.6) is 0 Å². The van der Waals surface area contributed by atoms with E-state index in [2.05, 4.69) is 36.2 Å². The van der Waals surface area contributed by atoms with Crippen molar-refractivity contribution in [1.29, 1.82) is 0 Å². The number of carbonyl (C=O) groups is 1. The number of amides is 1. The van der Waals surface area contributed by atoms with E-state index >= 15 is 0 Å². The molecule has 2 aromatic carbocycles. The van der Waals surface area contributed by atoms with Gasteiger partial charge in [0.05, 0.1) is 11.2 Å². The van der Waals surface area contributed by atoms with Gasteiger partial charge < -0.3 is 16.0 Å².